The van der Waals surface area contributed by atoms with Gasteiger partial charge in [0.05, 0.1) is 0 Å². The first kappa shape index (κ1) is 16.6. The fraction of sp³-hybridized carbons (Fsp3) is 0.263. The molecule has 0 aliphatic carbocycles. The van der Waals surface area contributed by atoms with E-state index in [2.05, 4.69) is 19.2 Å². The number of nitriles is 1. The molecule has 23 heavy (non-hydrogen) atoms. The Morgan fingerprint density at radius 3 is 2.65 bits per heavy atom. The van der Waals surface area contributed by atoms with E-state index in [0.717, 1.165) is 22.4 Å². The molecule has 1 aromatic heterocycles. The molecule has 0 spiro atoms. The Kier molecular flexibility index (Phi) is 5.02. The van der Waals surface area contributed by atoms with Gasteiger partial charge in [0.25, 0.3) is 5.91 Å². The Balaban J connectivity index is 2.23. The van der Waals surface area contributed by atoms with Crippen LogP contribution in [0.4, 0.5) is 5.69 Å². The average Bonchev–Trinajstić information content (AvgIpc) is 2.98. The summed E-state index contributed by atoms with van der Waals surface area (Å²) >= 11 is 0. The lowest BCUT2D eigenvalue weighted by Crippen LogP contribution is -2.14. The summed E-state index contributed by atoms with van der Waals surface area (Å²) in [6.45, 7) is 8.09. The zero-order valence-corrected chi connectivity index (χ0v) is 13.9. The van der Waals surface area contributed by atoms with E-state index >= 15 is 0 Å². The Hall–Kier alpha value is -2.80. The lowest BCUT2D eigenvalue weighted by molar-refractivity contribution is -0.112. The number of carbonyl (C=O) groups is 1. The number of nitrogens with one attached hydrogen (secondary N) is 1. The van der Waals surface area contributed by atoms with Crippen molar-refractivity contribution in [2.24, 2.45) is 0 Å². The summed E-state index contributed by atoms with van der Waals surface area (Å²) in [5.41, 5.74) is 3.76. The van der Waals surface area contributed by atoms with E-state index in [-0.39, 0.29) is 5.57 Å². The molecular formula is C19H21N3O. The molecule has 0 atom stereocenters. The number of amides is 1. The summed E-state index contributed by atoms with van der Waals surface area (Å²) in [6, 6.07) is 9.92. The number of aryl methyl sites for hydroxylation is 1. The molecule has 0 saturated carbocycles. The van der Waals surface area contributed by atoms with Crippen LogP contribution in [0.5, 0.6) is 0 Å². The van der Waals surface area contributed by atoms with Crippen LogP contribution >= 0.6 is 0 Å². The summed E-state index contributed by atoms with van der Waals surface area (Å²) in [5, 5.41) is 12.1. The molecule has 1 N–H and O–H groups in total. The minimum absolute atomic E-state index is 0.0902. The first-order valence-electron chi connectivity index (χ1n) is 7.59. The van der Waals surface area contributed by atoms with Gasteiger partial charge in [0.1, 0.15) is 11.6 Å². The van der Waals surface area contributed by atoms with Gasteiger partial charge >= 0.3 is 0 Å². The normalized spacial score (nSPS) is 11.4. The van der Waals surface area contributed by atoms with Crippen molar-refractivity contribution in [3.8, 4) is 6.07 Å². The van der Waals surface area contributed by atoms with Gasteiger partial charge < -0.3 is 9.88 Å². The van der Waals surface area contributed by atoms with Crippen LogP contribution < -0.4 is 5.32 Å². The number of aromatic nitrogens is 1. The lowest BCUT2D eigenvalue weighted by atomic mass is 10.1. The van der Waals surface area contributed by atoms with Crippen molar-refractivity contribution in [2.75, 3.05) is 5.32 Å². The SMILES string of the molecule is Cc1cccc(NC(=O)/C(C#N)=C/c2ccn(C(C)C)c2)c1C. The molecule has 0 bridgehead atoms. The largest absolute Gasteiger partial charge is 0.351 e. The molecule has 4 nitrogen and oxygen atoms in total. The first-order valence-corrected chi connectivity index (χ1v) is 7.59. The molecule has 0 aliphatic rings. The highest BCUT2D eigenvalue weighted by atomic mass is 16.1. The maximum absolute atomic E-state index is 12.3. The molecular weight excluding hydrogens is 286 g/mol. The predicted octanol–water partition coefficient (Wildman–Crippen LogP) is 4.23. The Labute approximate surface area is 137 Å². The monoisotopic (exact) mass is 307 g/mol. The maximum atomic E-state index is 12.3. The Morgan fingerprint density at radius 2 is 2.04 bits per heavy atom. The van der Waals surface area contributed by atoms with Gasteiger partial charge in [-0.1, -0.05) is 12.1 Å². The number of carbonyl (C=O) groups excluding carboxylic acids is 1. The Bertz CT molecular complexity index is 791. The maximum Gasteiger partial charge on any atom is 0.266 e. The Morgan fingerprint density at radius 1 is 1.30 bits per heavy atom. The topological polar surface area (TPSA) is 57.8 Å². The molecule has 2 aromatic rings. The average molecular weight is 307 g/mol. The van der Waals surface area contributed by atoms with Crippen LogP contribution in [-0.4, -0.2) is 10.5 Å². The molecule has 1 amide bonds. The van der Waals surface area contributed by atoms with Crippen LogP contribution in [-0.2, 0) is 4.79 Å². The molecule has 0 aliphatic heterocycles. The van der Waals surface area contributed by atoms with Gasteiger partial charge in [0.15, 0.2) is 0 Å². The van der Waals surface area contributed by atoms with Gasteiger partial charge in [-0.3, -0.25) is 4.79 Å². The summed E-state index contributed by atoms with van der Waals surface area (Å²) in [4.78, 5) is 12.3. The number of anilines is 1. The van der Waals surface area contributed by atoms with Gasteiger partial charge in [-0.05, 0) is 62.6 Å². The molecule has 0 fully saturated rings. The second-order valence-electron chi connectivity index (χ2n) is 5.86. The van der Waals surface area contributed by atoms with Gasteiger partial charge in [0.2, 0.25) is 0 Å². The number of hydrogen-bond donors (Lipinski definition) is 1. The molecule has 1 heterocycles. The predicted molar refractivity (Wildman–Crippen MR) is 93.0 cm³/mol. The highest BCUT2D eigenvalue weighted by molar-refractivity contribution is 6.10. The smallest absolute Gasteiger partial charge is 0.266 e. The summed E-state index contributed by atoms with van der Waals surface area (Å²) in [7, 11) is 0. The molecule has 0 radical (unpaired) electrons. The van der Waals surface area contributed by atoms with Crippen molar-refractivity contribution in [3.63, 3.8) is 0 Å². The van der Waals surface area contributed by atoms with Crippen LogP contribution in [0.25, 0.3) is 6.08 Å². The van der Waals surface area contributed by atoms with Crippen LogP contribution in [0.15, 0.2) is 42.2 Å². The molecule has 2 rings (SSSR count). The summed E-state index contributed by atoms with van der Waals surface area (Å²) in [6.07, 6.45) is 5.47. The molecule has 4 heteroatoms. The fourth-order valence-corrected chi connectivity index (χ4v) is 2.23. The van der Waals surface area contributed by atoms with Gasteiger partial charge in [-0.25, -0.2) is 0 Å². The number of rotatable bonds is 4. The molecule has 0 saturated heterocycles. The number of nitrogens with zero attached hydrogens (tertiary/aromatic N) is 2. The third kappa shape index (κ3) is 3.89. The summed E-state index contributed by atoms with van der Waals surface area (Å²) < 4.78 is 2.03. The van der Waals surface area contributed by atoms with Crippen LogP contribution in [0, 0.1) is 25.2 Å². The standard InChI is InChI=1S/C19H21N3O/c1-13(2)22-9-8-16(12-22)10-17(11-20)19(23)21-18-7-5-6-14(3)15(18)4/h5-10,12-13H,1-4H3,(H,21,23)/b17-10+. The van der Waals surface area contributed by atoms with Crippen molar-refractivity contribution in [1.29, 1.82) is 5.26 Å². The van der Waals surface area contributed by atoms with E-state index in [4.69, 9.17) is 0 Å². The van der Waals surface area contributed by atoms with Gasteiger partial charge in [-0.15, -0.1) is 0 Å². The third-order valence-corrected chi connectivity index (χ3v) is 3.86. The van der Waals surface area contributed by atoms with Crippen LogP contribution in [0.1, 0.15) is 36.6 Å². The van der Waals surface area contributed by atoms with Crippen molar-refractivity contribution in [2.45, 2.75) is 33.7 Å². The van der Waals surface area contributed by atoms with Gasteiger partial charge in [0, 0.05) is 24.1 Å². The zero-order chi connectivity index (χ0) is 17.0. The van der Waals surface area contributed by atoms with Gasteiger partial charge in [-0.2, -0.15) is 5.26 Å². The third-order valence-electron chi connectivity index (χ3n) is 3.86. The van der Waals surface area contributed by atoms with Crippen molar-refractivity contribution >= 4 is 17.7 Å². The van der Waals surface area contributed by atoms with Crippen molar-refractivity contribution in [1.82, 2.24) is 4.57 Å². The molecule has 0 unspecified atom stereocenters. The van der Waals surface area contributed by atoms with E-state index in [0.29, 0.717) is 6.04 Å². The minimum Gasteiger partial charge on any atom is -0.351 e. The van der Waals surface area contributed by atoms with E-state index < -0.39 is 5.91 Å². The molecule has 118 valence electrons. The number of hydrogen-bond acceptors (Lipinski definition) is 2. The van der Waals surface area contributed by atoms with Crippen LogP contribution in [0.2, 0.25) is 0 Å². The van der Waals surface area contributed by atoms with Crippen LogP contribution in [0.3, 0.4) is 0 Å². The number of benzene rings is 1. The molecule has 1 aromatic carbocycles. The van der Waals surface area contributed by atoms with E-state index in [9.17, 15) is 10.1 Å². The summed E-state index contributed by atoms with van der Waals surface area (Å²) in [5.74, 6) is -0.390. The van der Waals surface area contributed by atoms with Crippen molar-refractivity contribution in [3.05, 3.63) is 58.9 Å². The first-order chi connectivity index (χ1) is 10.9. The van der Waals surface area contributed by atoms with E-state index in [1.165, 1.54) is 0 Å². The second kappa shape index (κ2) is 6.97. The fourth-order valence-electron chi connectivity index (χ4n) is 2.23. The highest BCUT2D eigenvalue weighted by Crippen LogP contribution is 2.19. The lowest BCUT2D eigenvalue weighted by Gasteiger charge is -2.09. The van der Waals surface area contributed by atoms with E-state index in [1.54, 1.807) is 6.08 Å². The van der Waals surface area contributed by atoms with E-state index in [1.807, 2.05) is 61.1 Å². The quantitative estimate of drug-likeness (QED) is 0.678. The minimum atomic E-state index is -0.390. The van der Waals surface area contributed by atoms with Crippen molar-refractivity contribution < 1.29 is 4.79 Å². The highest BCUT2D eigenvalue weighted by Gasteiger charge is 2.12. The second-order valence-corrected chi connectivity index (χ2v) is 5.86. The zero-order valence-electron chi connectivity index (χ0n) is 13.9.